The first-order valence-corrected chi connectivity index (χ1v) is 5.42. The molecule has 0 aliphatic carbocycles. The number of rotatable bonds is 2. The summed E-state index contributed by atoms with van der Waals surface area (Å²) in [5.41, 5.74) is -0.413. The molecule has 2 rings (SSSR count). The minimum atomic E-state index is -4.50. The van der Waals surface area contributed by atoms with Crippen LogP contribution in [0.15, 0.2) is 30.7 Å². The van der Waals surface area contributed by atoms with Crippen molar-refractivity contribution in [3.8, 4) is 11.3 Å². The van der Waals surface area contributed by atoms with Crippen molar-refractivity contribution in [1.29, 1.82) is 0 Å². The fourth-order valence-corrected chi connectivity index (χ4v) is 1.63. The molecule has 0 spiro atoms. The average Bonchev–Trinajstić information content (AvgIpc) is 2.37. The van der Waals surface area contributed by atoms with Crippen LogP contribution in [0.3, 0.4) is 0 Å². The van der Waals surface area contributed by atoms with Gasteiger partial charge in [0, 0.05) is 23.5 Å². The molecule has 0 saturated carbocycles. The van der Waals surface area contributed by atoms with E-state index in [2.05, 4.69) is 9.97 Å². The van der Waals surface area contributed by atoms with Crippen molar-refractivity contribution >= 4 is 5.69 Å². The van der Waals surface area contributed by atoms with Gasteiger partial charge in [-0.15, -0.1) is 0 Å². The molecule has 8 heteroatoms. The van der Waals surface area contributed by atoms with Crippen LogP contribution in [-0.2, 0) is 6.18 Å². The summed E-state index contributed by atoms with van der Waals surface area (Å²) in [7, 11) is 0. The highest BCUT2D eigenvalue weighted by Gasteiger charge is 2.31. The van der Waals surface area contributed by atoms with Gasteiger partial charge in [-0.25, -0.2) is 4.98 Å². The number of aryl methyl sites for hydroxylation is 1. The SMILES string of the molecule is Cc1cc(-c2cncc(C(F)(F)F)c2)ncc1[N+](=O)[O-]. The van der Waals surface area contributed by atoms with Crippen LogP contribution in [0.25, 0.3) is 11.3 Å². The van der Waals surface area contributed by atoms with Crippen LogP contribution in [0, 0.1) is 17.0 Å². The lowest BCUT2D eigenvalue weighted by Crippen LogP contribution is -2.05. The summed E-state index contributed by atoms with van der Waals surface area (Å²) < 4.78 is 37.7. The maximum absolute atomic E-state index is 12.6. The Balaban J connectivity index is 2.47. The van der Waals surface area contributed by atoms with Gasteiger partial charge in [0.15, 0.2) is 0 Å². The van der Waals surface area contributed by atoms with Crippen molar-refractivity contribution in [2.24, 2.45) is 0 Å². The van der Waals surface area contributed by atoms with E-state index in [0.29, 0.717) is 11.8 Å². The van der Waals surface area contributed by atoms with E-state index in [0.717, 1.165) is 12.3 Å². The van der Waals surface area contributed by atoms with Gasteiger partial charge < -0.3 is 0 Å². The number of hydrogen-bond acceptors (Lipinski definition) is 4. The smallest absolute Gasteiger partial charge is 0.263 e. The van der Waals surface area contributed by atoms with Gasteiger partial charge >= 0.3 is 6.18 Å². The van der Waals surface area contributed by atoms with Crippen molar-refractivity contribution in [2.45, 2.75) is 13.1 Å². The van der Waals surface area contributed by atoms with E-state index in [1.807, 2.05) is 0 Å². The summed E-state index contributed by atoms with van der Waals surface area (Å²) in [6, 6.07) is 2.26. The van der Waals surface area contributed by atoms with Crippen molar-refractivity contribution < 1.29 is 18.1 Å². The van der Waals surface area contributed by atoms with Gasteiger partial charge in [-0.2, -0.15) is 13.2 Å². The summed E-state index contributed by atoms with van der Waals surface area (Å²) in [5, 5.41) is 10.7. The van der Waals surface area contributed by atoms with Crippen LogP contribution in [-0.4, -0.2) is 14.9 Å². The zero-order chi connectivity index (χ0) is 14.9. The Kier molecular flexibility index (Phi) is 3.39. The fraction of sp³-hybridized carbons (Fsp3) is 0.167. The van der Waals surface area contributed by atoms with E-state index in [1.165, 1.54) is 19.2 Å². The highest BCUT2D eigenvalue weighted by atomic mass is 19.4. The number of nitrogens with zero attached hydrogens (tertiary/aromatic N) is 3. The third-order valence-electron chi connectivity index (χ3n) is 2.64. The van der Waals surface area contributed by atoms with Crippen molar-refractivity contribution in [1.82, 2.24) is 9.97 Å². The summed E-state index contributed by atoms with van der Waals surface area (Å²) >= 11 is 0. The molecular formula is C12H8F3N3O2. The van der Waals surface area contributed by atoms with E-state index < -0.39 is 16.7 Å². The number of alkyl halides is 3. The van der Waals surface area contributed by atoms with E-state index in [4.69, 9.17) is 0 Å². The molecule has 2 heterocycles. The van der Waals surface area contributed by atoms with Crippen molar-refractivity contribution in [2.75, 3.05) is 0 Å². The van der Waals surface area contributed by atoms with Gasteiger partial charge in [0.2, 0.25) is 0 Å². The van der Waals surface area contributed by atoms with Gasteiger partial charge in [-0.3, -0.25) is 15.1 Å². The molecule has 0 aliphatic heterocycles. The van der Waals surface area contributed by atoms with Crippen LogP contribution in [0.2, 0.25) is 0 Å². The van der Waals surface area contributed by atoms with Crippen LogP contribution in [0.1, 0.15) is 11.1 Å². The largest absolute Gasteiger partial charge is 0.417 e. The zero-order valence-electron chi connectivity index (χ0n) is 10.2. The monoisotopic (exact) mass is 283 g/mol. The predicted molar refractivity (Wildman–Crippen MR) is 63.9 cm³/mol. The first-order valence-electron chi connectivity index (χ1n) is 5.42. The molecule has 104 valence electrons. The third kappa shape index (κ3) is 2.73. The number of nitro groups is 1. The second-order valence-electron chi connectivity index (χ2n) is 4.07. The topological polar surface area (TPSA) is 68.9 Å². The number of pyridine rings is 2. The molecule has 0 bridgehead atoms. The van der Waals surface area contributed by atoms with E-state index >= 15 is 0 Å². The second kappa shape index (κ2) is 4.87. The highest BCUT2D eigenvalue weighted by molar-refractivity contribution is 5.61. The van der Waals surface area contributed by atoms with Crippen LogP contribution < -0.4 is 0 Å². The van der Waals surface area contributed by atoms with Gasteiger partial charge in [0.25, 0.3) is 5.69 Å². The Morgan fingerprint density at radius 3 is 2.45 bits per heavy atom. The molecule has 0 aliphatic rings. The summed E-state index contributed by atoms with van der Waals surface area (Å²) in [4.78, 5) is 17.4. The Hall–Kier alpha value is -2.51. The molecule has 20 heavy (non-hydrogen) atoms. The van der Waals surface area contributed by atoms with Crippen LogP contribution in [0.5, 0.6) is 0 Å². The minimum absolute atomic E-state index is 0.151. The quantitative estimate of drug-likeness (QED) is 0.625. The Morgan fingerprint density at radius 2 is 1.90 bits per heavy atom. The lowest BCUT2D eigenvalue weighted by Gasteiger charge is -2.08. The Morgan fingerprint density at radius 1 is 1.20 bits per heavy atom. The normalized spacial score (nSPS) is 11.4. The maximum atomic E-state index is 12.6. The first-order chi connectivity index (χ1) is 9.29. The first kappa shape index (κ1) is 13.9. The van der Waals surface area contributed by atoms with Gasteiger partial charge in [0.1, 0.15) is 6.20 Å². The predicted octanol–water partition coefficient (Wildman–Crippen LogP) is 3.38. The Bertz CT molecular complexity index is 671. The standard InChI is InChI=1S/C12H8F3N3O2/c1-7-2-10(17-6-11(7)18(19)20)8-3-9(5-16-4-8)12(13,14)15/h2-6H,1H3. The van der Waals surface area contributed by atoms with Gasteiger partial charge in [0.05, 0.1) is 16.2 Å². The zero-order valence-corrected chi connectivity index (χ0v) is 10.2. The highest BCUT2D eigenvalue weighted by Crippen LogP contribution is 2.31. The number of aromatic nitrogens is 2. The molecule has 0 saturated heterocycles. The molecule has 0 atom stereocenters. The molecule has 0 N–H and O–H groups in total. The summed E-state index contributed by atoms with van der Waals surface area (Å²) in [6.07, 6.45) is -1.55. The average molecular weight is 283 g/mol. The molecule has 2 aromatic rings. The number of halogens is 3. The van der Waals surface area contributed by atoms with Gasteiger partial charge in [-0.05, 0) is 19.1 Å². The van der Waals surface area contributed by atoms with Crippen molar-refractivity contribution in [3.05, 3.63) is 52.0 Å². The molecular weight excluding hydrogens is 275 g/mol. The van der Waals surface area contributed by atoms with E-state index in [-0.39, 0.29) is 16.9 Å². The van der Waals surface area contributed by atoms with Gasteiger partial charge in [-0.1, -0.05) is 0 Å². The fourth-order valence-electron chi connectivity index (χ4n) is 1.63. The second-order valence-corrected chi connectivity index (χ2v) is 4.07. The maximum Gasteiger partial charge on any atom is 0.417 e. The Labute approximate surface area is 111 Å². The molecule has 0 aromatic carbocycles. The van der Waals surface area contributed by atoms with Crippen molar-refractivity contribution in [3.63, 3.8) is 0 Å². The third-order valence-corrected chi connectivity index (χ3v) is 2.64. The molecule has 0 amide bonds. The van der Waals surface area contributed by atoms with E-state index in [1.54, 1.807) is 0 Å². The lowest BCUT2D eigenvalue weighted by molar-refractivity contribution is -0.385. The summed E-state index contributed by atoms with van der Waals surface area (Å²) in [5.74, 6) is 0. The lowest BCUT2D eigenvalue weighted by atomic mass is 10.1. The molecule has 2 aromatic heterocycles. The summed E-state index contributed by atoms with van der Waals surface area (Å²) in [6.45, 7) is 1.49. The van der Waals surface area contributed by atoms with Crippen LogP contribution in [0.4, 0.5) is 18.9 Å². The van der Waals surface area contributed by atoms with E-state index in [9.17, 15) is 23.3 Å². The minimum Gasteiger partial charge on any atom is -0.263 e. The molecule has 0 unspecified atom stereocenters. The molecule has 0 fully saturated rings. The number of hydrogen-bond donors (Lipinski definition) is 0. The van der Waals surface area contributed by atoms with Crippen LogP contribution >= 0.6 is 0 Å². The molecule has 0 radical (unpaired) electrons. The molecule has 5 nitrogen and oxygen atoms in total.